The molecule has 0 spiro atoms. The van der Waals surface area contributed by atoms with Gasteiger partial charge in [0.05, 0.1) is 6.54 Å². The van der Waals surface area contributed by atoms with Gasteiger partial charge in [0.15, 0.2) is 0 Å². The molecule has 0 aliphatic carbocycles. The summed E-state index contributed by atoms with van der Waals surface area (Å²) >= 11 is 0. The lowest BCUT2D eigenvalue weighted by molar-refractivity contribution is -0.116. The maximum Gasteiger partial charge on any atom is 0.408 e. The van der Waals surface area contributed by atoms with E-state index in [-0.39, 0.29) is 19.1 Å². The van der Waals surface area contributed by atoms with E-state index in [1.807, 2.05) is 48.5 Å². The monoisotopic (exact) mass is 334 g/mol. The molecule has 1 aliphatic rings. The summed E-state index contributed by atoms with van der Waals surface area (Å²) in [4.78, 5) is 22.9. The van der Waals surface area contributed by atoms with Gasteiger partial charge in [-0.1, -0.05) is 42.2 Å². The molecule has 1 aliphatic heterocycles. The lowest BCUT2D eigenvalue weighted by atomic mass is 10.0. The fraction of sp³-hybridized carbons (Fsp3) is 0.200. The zero-order chi connectivity index (χ0) is 17.5. The number of carbonyl (C=O) groups excluding carboxylic acids is 2. The average molecular weight is 334 g/mol. The standard InChI is InChI=1S/C20H18N2O3/c23-19-11-9-17-13-15(8-10-18(17)22-19)7-4-12-21-20(24)25-14-16-5-2-1-3-6-16/h1-3,5-6,8,10,13H,9,11-12,14H2,(H,21,24)(H,22,23). The second-order valence-corrected chi connectivity index (χ2v) is 5.64. The van der Waals surface area contributed by atoms with Crippen LogP contribution in [-0.2, 0) is 22.6 Å². The van der Waals surface area contributed by atoms with Crippen molar-refractivity contribution < 1.29 is 14.3 Å². The van der Waals surface area contributed by atoms with Crippen LogP contribution in [0.15, 0.2) is 48.5 Å². The Bertz CT molecular complexity index is 835. The zero-order valence-electron chi connectivity index (χ0n) is 13.7. The number of hydrogen-bond acceptors (Lipinski definition) is 3. The lowest BCUT2D eigenvalue weighted by Crippen LogP contribution is -2.24. The van der Waals surface area contributed by atoms with Crippen LogP contribution in [0.5, 0.6) is 0 Å². The van der Waals surface area contributed by atoms with Gasteiger partial charge in [0.2, 0.25) is 5.91 Å². The molecule has 5 heteroatoms. The Balaban J connectivity index is 1.46. The van der Waals surface area contributed by atoms with Crippen LogP contribution in [0.2, 0.25) is 0 Å². The fourth-order valence-corrected chi connectivity index (χ4v) is 2.50. The van der Waals surface area contributed by atoms with E-state index in [1.165, 1.54) is 0 Å². The van der Waals surface area contributed by atoms with E-state index in [4.69, 9.17) is 4.74 Å². The molecular weight excluding hydrogens is 316 g/mol. The van der Waals surface area contributed by atoms with Gasteiger partial charge in [-0.2, -0.15) is 0 Å². The molecule has 0 radical (unpaired) electrons. The van der Waals surface area contributed by atoms with E-state index < -0.39 is 6.09 Å². The highest BCUT2D eigenvalue weighted by Crippen LogP contribution is 2.23. The molecule has 0 atom stereocenters. The van der Waals surface area contributed by atoms with Crippen molar-refractivity contribution in [3.63, 3.8) is 0 Å². The molecular formula is C20H18N2O3. The molecule has 2 amide bonds. The third-order valence-corrected chi connectivity index (χ3v) is 3.77. The average Bonchev–Trinajstić information content (AvgIpc) is 2.64. The molecule has 0 bridgehead atoms. The van der Waals surface area contributed by atoms with Gasteiger partial charge in [-0.3, -0.25) is 4.79 Å². The number of aryl methyl sites for hydroxylation is 1. The van der Waals surface area contributed by atoms with Crippen LogP contribution >= 0.6 is 0 Å². The molecule has 3 rings (SSSR count). The number of alkyl carbamates (subject to hydrolysis) is 1. The van der Waals surface area contributed by atoms with Gasteiger partial charge < -0.3 is 15.4 Å². The van der Waals surface area contributed by atoms with Gasteiger partial charge >= 0.3 is 6.09 Å². The highest BCUT2D eigenvalue weighted by molar-refractivity contribution is 5.94. The molecule has 25 heavy (non-hydrogen) atoms. The molecule has 0 unspecified atom stereocenters. The van der Waals surface area contributed by atoms with Gasteiger partial charge in [0.25, 0.3) is 0 Å². The summed E-state index contributed by atoms with van der Waals surface area (Å²) in [5.41, 5.74) is 3.73. The number of nitrogens with one attached hydrogen (secondary N) is 2. The number of benzene rings is 2. The summed E-state index contributed by atoms with van der Waals surface area (Å²) in [5, 5.41) is 5.44. The highest BCUT2D eigenvalue weighted by atomic mass is 16.5. The van der Waals surface area contributed by atoms with Crippen LogP contribution in [0.25, 0.3) is 0 Å². The van der Waals surface area contributed by atoms with Crippen LogP contribution in [0, 0.1) is 11.8 Å². The number of amides is 2. The lowest BCUT2D eigenvalue weighted by Gasteiger charge is -2.16. The SMILES string of the molecule is O=C1CCc2cc(C#CCNC(=O)OCc3ccccc3)ccc2N1. The van der Waals surface area contributed by atoms with Crippen molar-refractivity contribution in [3.05, 3.63) is 65.2 Å². The topological polar surface area (TPSA) is 67.4 Å². The molecule has 126 valence electrons. The van der Waals surface area contributed by atoms with Crippen molar-refractivity contribution in [2.24, 2.45) is 0 Å². The minimum absolute atomic E-state index is 0.0459. The minimum Gasteiger partial charge on any atom is -0.445 e. The van der Waals surface area contributed by atoms with Crippen LogP contribution in [-0.4, -0.2) is 18.5 Å². The first-order chi connectivity index (χ1) is 12.2. The molecule has 0 saturated heterocycles. The Morgan fingerprint density at radius 1 is 1.16 bits per heavy atom. The largest absolute Gasteiger partial charge is 0.445 e. The smallest absolute Gasteiger partial charge is 0.408 e. The van der Waals surface area contributed by atoms with Crippen LogP contribution in [0.4, 0.5) is 10.5 Å². The number of fused-ring (bicyclic) bond motifs is 1. The van der Waals surface area contributed by atoms with E-state index in [0.29, 0.717) is 6.42 Å². The van der Waals surface area contributed by atoms with Gasteiger partial charge in [-0.05, 0) is 35.7 Å². The van der Waals surface area contributed by atoms with Crippen molar-refractivity contribution in [1.29, 1.82) is 0 Å². The molecule has 1 heterocycles. The summed E-state index contributed by atoms with van der Waals surface area (Å²) in [6.07, 6.45) is 0.728. The van der Waals surface area contributed by atoms with E-state index in [2.05, 4.69) is 22.5 Å². The first-order valence-corrected chi connectivity index (χ1v) is 8.07. The van der Waals surface area contributed by atoms with Crippen molar-refractivity contribution in [1.82, 2.24) is 5.32 Å². The molecule has 0 aromatic heterocycles. The van der Waals surface area contributed by atoms with Gasteiger partial charge in [-0.25, -0.2) is 4.79 Å². The Labute approximate surface area is 146 Å². The number of ether oxygens (including phenoxy) is 1. The predicted octanol–water partition coefficient (Wildman–Crippen LogP) is 2.85. The van der Waals surface area contributed by atoms with E-state index in [9.17, 15) is 9.59 Å². The second-order valence-electron chi connectivity index (χ2n) is 5.64. The molecule has 0 saturated carbocycles. The van der Waals surface area contributed by atoms with Crippen LogP contribution < -0.4 is 10.6 Å². The zero-order valence-corrected chi connectivity index (χ0v) is 13.7. The maximum absolute atomic E-state index is 11.6. The Morgan fingerprint density at radius 2 is 2.00 bits per heavy atom. The summed E-state index contributed by atoms with van der Waals surface area (Å²) in [5.74, 6) is 5.95. The maximum atomic E-state index is 11.6. The van der Waals surface area contributed by atoms with Crippen molar-refractivity contribution in [3.8, 4) is 11.8 Å². The van der Waals surface area contributed by atoms with Crippen molar-refractivity contribution in [2.45, 2.75) is 19.4 Å². The Kier molecular flexibility index (Phi) is 5.32. The molecule has 2 aromatic carbocycles. The van der Waals surface area contributed by atoms with Crippen LogP contribution in [0.1, 0.15) is 23.1 Å². The minimum atomic E-state index is -0.494. The first kappa shape index (κ1) is 16.6. The van der Waals surface area contributed by atoms with Gasteiger partial charge in [0.1, 0.15) is 6.61 Å². The summed E-state index contributed by atoms with van der Waals surface area (Å²) in [7, 11) is 0. The summed E-state index contributed by atoms with van der Waals surface area (Å²) < 4.78 is 5.11. The summed E-state index contributed by atoms with van der Waals surface area (Å²) in [6.45, 7) is 0.443. The van der Waals surface area contributed by atoms with E-state index >= 15 is 0 Å². The molecule has 5 nitrogen and oxygen atoms in total. The quantitative estimate of drug-likeness (QED) is 0.848. The second kappa shape index (κ2) is 8.02. The molecule has 0 fully saturated rings. The Hall–Kier alpha value is -3.26. The van der Waals surface area contributed by atoms with E-state index in [1.54, 1.807) is 0 Å². The number of carbonyl (C=O) groups is 2. The van der Waals surface area contributed by atoms with Gasteiger partial charge in [0, 0.05) is 17.7 Å². The molecule has 2 aromatic rings. The molecule has 2 N–H and O–H groups in total. The highest BCUT2D eigenvalue weighted by Gasteiger charge is 2.14. The fourth-order valence-electron chi connectivity index (χ4n) is 2.50. The normalized spacial score (nSPS) is 12.2. The Morgan fingerprint density at radius 3 is 2.84 bits per heavy atom. The third-order valence-electron chi connectivity index (χ3n) is 3.77. The first-order valence-electron chi connectivity index (χ1n) is 8.07. The van der Waals surface area contributed by atoms with Gasteiger partial charge in [-0.15, -0.1) is 0 Å². The third kappa shape index (κ3) is 4.85. The van der Waals surface area contributed by atoms with E-state index in [0.717, 1.165) is 28.8 Å². The number of hydrogen-bond donors (Lipinski definition) is 2. The van der Waals surface area contributed by atoms with Crippen molar-refractivity contribution >= 4 is 17.7 Å². The summed E-state index contributed by atoms with van der Waals surface area (Å²) in [6, 6.07) is 15.2. The number of rotatable bonds is 3. The van der Waals surface area contributed by atoms with Crippen molar-refractivity contribution in [2.75, 3.05) is 11.9 Å². The van der Waals surface area contributed by atoms with Crippen LogP contribution in [0.3, 0.4) is 0 Å². The number of anilines is 1. The predicted molar refractivity (Wildman–Crippen MR) is 94.9 cm³/mol.